The summed E-state index contributed by atoms with van der Waals surface area (Å²) in [7, 11) is 0. The second-order valence-corrected chi connectivity index (χ2v) is 6.58. The first-order valence-corrected chi connectivity index (χ1v) is 8.66. The fourth-order valence-electron chi connectivity index (χ4n) is 2.08. The molecule has 0 aromatic heterocycles. The summed E-state index contributed by atoms with van der Waals surface area (Å²) < 4.78 is 11.2. The van der Waals surface area contributed by atoms with Crippen LogP contribution in [0.25, 0.3) is 6.08 Å². The Bertz CT molecular complexity index is 745. The van der Waals surface area contributed by atoms with Crippen LogP contribution in [0.5, 0.6) is 11.5 Å². The summed E-state index contributed by atoms with van der Waals surface area (Å²) >= 11 is 6.43. The molecule has 132 valence electrons. The molecular formula is C17H17NO5S2. The zero-order valence-electron chi connectivity index (χ0n) is 13.6. The molecule has 0 aliphatic carbocycles. The van der Waals surface area contributed by atoms with Crippen molar-refractivity contribution in [3.63, 3.8) is 0 Å². The maximum Gasteiger partial charge on any atom is 0.341 e. The van der Waals surface area contributed by atoms with Crippen molar-refractivity contribution < 1.29 is 24.2 Å². The largest absolute Gasteiger partial charge is 0.490 e. The van der Waals surface area contributed by atoms with E-state index in [-0.39, 0.29) is 5.91 Å². The van der Waals surface area contributed by atoms with Gasteiger partial charge in [-0.1, -0.05) is 36.1 Å². The standard InChI is InChI=1S/C17H17NO5S2/c1-3-7-18-16(21)14(25-17(18)24)9-11-5-6-12(23-10-15(19)20)13(8-11)22-4-2/h3,5-6,8-9H,1,4,7,10H2,2H3,(H,19,20). The van der Waals surface area contributed by atoms with Crippen molar-refractivity contribution in [1.82, 2.24) is 4.90 Å². The zero-order chi connectivity index (χ0) is 18.4. The van der Waals surface area contributed by atoms with Crippen molar-refractivity contribution in [2.24, 2.45) is 0 Å². The Balaban J connectivity index is 2.26. The minimum Gasteiger partial charge on any atom is -0.490 e. The molecule has 25 heavy (non-hydrogen) atoms. The summed E-state index contributed by atoms with van der Waals surface area (Å²) in [6, 6.07) is 5.03. The summed E-state index contributed by atoms with van der Waals surface area (Å²) in [4.78, 5) is 25.0. The lowest BCUT2D eigenvalue weighted by Crippen LogP contribution is -2.27. The van der Waals surface area contributed by atoms with Crippen LogP contribution in [0.15, 0.2) is 35.8 Å². The Morgan fingerprint density at radius 2 is 2.16 bits per heavy atom. The van der Waals surface area contributed by atoms with Crippen LogP contribution in [0.2, 0.25) is 0 Å². The molecule has 0 bridgehead atoms. The number of carbonyl (C=O) groups is 2. The summed E-state index contributed by atoms with van der Waals surface area (Å²) in [6.45, 7) is 5.74. The number of carboxylic acid groups (broad SMARTS) is 1. The first-order chi connectivity index (χ1) is 12.0. The molecule has 0 spiro atoms. The minimum atomic E-state index is -1.07. The Labute approximate surface area is 155 Å². The number of hydrogen-bond donors (Lipinski definition) is 1. The lowest BCUT2D eigenvalue weighted by molar-refractivity contribution is -0.139. The van der Waals surface area contributed by atoms with Gasteiger partial charge in [0.05, 0.1) is 11.5 Å². The Hall–Kier alpha value is -2.32. The third-order valence-electron chi connectivity index (χ3n) is 3.10. The van der Waals surface area contributed by atoms with E-state index >= 15 is 0 Å². The van der Waals surface area contributed by atoms with Gasteiger partial charge in [0.15, 0.2) is 18.1 Å². The number of benzene rings is 1. The van der Waals surface area contributed by atoms with Crippen molar-refractivity contribution in [2.75, 3.05) is 19.8 Å². The van der Waals surface area contributed by atoms with Gasteiger partial charge < -0.3 is 14.6 Å². The predicted molar refractivity (Wildman–Crippen MR) is 101 cm³/mol. The second-order valence-electron chi connectivity index (χ2n) is 4.90. The predicted octanol–water partition coefficient (Wildman–Crippen LogP) is 2.94. The molecule has 0 atom stereocenters. The molecule has 1 aromatic carbocycles. The van der Waals surface area contributed by atoms with Gasteiger partial charge in [-0.25, -0.2) is 4.79 Å². The van der Waals surface area contributed by atoms with Crippen LogP contribution in [0.4, 0.5) is 0 Å². The average molecular weight is 379 g/mol. The van der Waals surface area contributed by atoms with Crippen molar-refractivity contribution in [1.29, 1.82) is 0 Å². The van der Waals surface area contributed by atoms with Crippen LogP contribution in [-0.4, -0.2) is 46.0 Å². The molecule has 1 amide bonds. The molecule has 1 saturated heterocycles. The summed E-state index contributed by atoms with van der Waals surface area (Å²) in [5.41, 5.74) is 0.727. The van der Waals surface area contributed by atoms with Gasteiger partial charge in [0.25, 0.3) is 5.91 Å². The van der Waals surface area contributed by atoms with E-state index in [0.29, 0.717) is 33.9 Å². The first-order valence-electron chi connectivity index (χ1n) is 7.44. The fraction of sp³-hybridized carbons (Fsp3) is 0.235. The van der Waals surface area contributed by atoms with Crippen LogP contribution >= 0.6 is 24.0 Å². The van der Waals surface area contributed by atoms with Gasteiger partial charge in [-0.3, -0.25) is 9.69 Å². The van der Waals surface area contributed by atoms with Crippen LogP contribution in [-0.2, 0) is 9.59 Å². The molecule has 0 radical (unpaired) electrons. The van der Waals surface area contributed by atoms with E-state index in [1.165, 1.54) is 16.7 Å². The van der Waals surface area contributed by atoms with Gasteiger partial charge in [-0.2, -0.15) is 0 Å². The van der Waals surface area contributed by atoms with E-state index in [9.17, 15) is 9.59 Å². The quantitative estimate of drug-likeness (QED) is 0.423. The molecule has 6 nitrogen and oxygen atoms in total. The van der Waals surface area contributed by atoms with Crippen molar-refractivity contribution >= 4 is 46.3 Å². The second kappa shape index (κ2) is 8.68. The number of thiocarbonyl (C=S) groups is 1. The maximum absolute atomic E-state index is 12.3. The average Bonchev–Trinajstić information content (AvgIpc) is 2.82. The molecule has 1 aliphatic heterocycles. The number of aliphatic carboxylic acids is 1. The fourth-order valence-corrected chi connectivity index (χ4v) is 3.35. The van der Waals surface area contributed by atoms with Gasteiger partial charge in [0, 0.05) is 6.54 Å². The zero-order valence-corrected chi connectivity index (χ0v) is 15.2. The molecule has 1 aliphatic rings. The summed E-state index contributed by atoms with van der Waals surface area (Å²) in [5, 5.41) is 8.72. The van der Waals surface area contributed by atoms with Gasteiger partial charge in [0.2, 0.25) is 0 Å². The van der Waals surface area contributed by atoms with Crippen molar-refractivity contribution in [3.8, 4) is 11.5 Å². The van der Waals surface area contributed by atoms with Crippen LogP contribution in [0.3, 0.4) is 0 Å². The van der Waals surface area contributed by atoms with E-state index in [1.807, 2.05) is 6.92 Å². The number of ether oxygens (including phenoxy) is 2. The molecule has 8 heteroatoms. The first kappa shape index (κ1) is 19.0. The minimum absolute atomic E-state index is 0.168. The van der Waals surface area contributed by atoms with Gasteiger partial charge in [-0.15, -0.1) is 6.58 Å². The number of rotatable bonds is 8. The number of thioether (sulfide) groups is 1. The topological polar surface area (TPSA) is 76.1 Å². The number of carbonyl (C=O) groups excluding carboxylic acids is 1. The van der Waals surface area contributed by atoms with Crippen molar-refractivity contribution in [2.45, 2.75) is 6.92 Å². The highest BCUT2D eigenvalue weighted by Gasteiger charge is 2.31. The van der Waals surface area contributed by atoms with Crippen LogP contribution in [0, 0.1) is 0 Å². The van der Waals surface area contributed by atoms with Crippen LogP contribution < -0.4 is 9.47 Å². The third kappa shape index (κ3) is 4.83. The Kier molecular flexibility index (Phi) is 6.60. The van der Waals surface area contributed by atoms with E-state index in [4.69, 9.17) is 26.8 Å². The summed E-state index contributed by atoms with van der Waals surface area (Å²) in [5.74, 6) is -0.490. The molecule has 0 saturated carbocycles. The maximum atomic E-state index is 12.3. The van der Waals surface area contributed by atoms with Gasteiger partial charge in [0.1, 0.15) is 4.32 Å². The molecule has 1 heterocycles. The number of carboxylic acids is 1. The van der Waals surface area contributed by atoms with Gasteiger partial charge >= 0.3 is 5.97 Å². The smallest absolute Gasteiger partial charge is 0.341 e. The molecule has 1 aromatic rings. The number of hydrogen-bond acceptors (Lipinski definition) is 6. The highest BCUT2D eigenvalue weighted by Crippen LogP contribution is 2.34. The highest BCUT2D eigenvalue weighted by atomic mass is 32.2. The molecule has 1 fully saturated rings. The number of amides is 1. The van der Waals surface area contributed by atoms with E-state index in [2.05, 4.69) is 6.58 Å². The van der Waals surface area contributed by atoms with Crippen LogP contribution in [0.1, 0.15) is 12.5 Å². The molecule has 2 rings (SSSR count). The Morgan fingerprint density at radius 1 is 1.40 bits per heavy atom. The lowest BCUT2D eigenvalue weighted by atomic mass is 10.2. The lowest BCUT2D eigenvalue weighted by Gasteiger charge is -2.11. The highest BCUT2D eigenvalue weighted by molar-refractivity contribution is 8.26. The molecule has 1 N–H and O–H groups in total. The normalized spacial score (nSPS) is 15.6. The SMILES string of the molecule is C=CCN1C(=O)C(=Cc2ccc(OCC(=O)O)c(OCC)c2)SC1=S. The summed E-state index contributed by atoms with van der Waals surface area (Å²) in [6.07, 6.45) is 3.33. The third-order valence-corrected chi connectivity index (χ3v) is 4.48. The van der Waals surface area contributed by atoms with E-state index < -0.39 is 12.6 Å². The molecular weight excluding hydrogens is 362 g/mol. The molecule has 0 unspecified atom stereocenters. The number of nitrogens with zero attached hydrogens (tertiary/aromatic N) is 1. The van der Waals surface area contributed by atoms with E-state index in [1.54, 1.807) is 30.4 Å². The monoisotopic (exact) mass is 379 g/mol. The van der Waals surface area contributed by atoms with Crippen molar-refractivity contribution in [3.05, 3.63) is 41.3 Å². The van der Waals surface area contributed by atoms with Gasteiger partial charge in [-0.05, 0) is 30.7 Å². The van der Waals surface area contributed by atoms with E-state index in [0.717, 1.165) is 5.56 Å². The Morgan fingerprint density at radius 3 is 2.80 bits per heavy atom.